The summed E-state index contributed by atoms with van der Waals surface area (Å²) in [6.07, 6.45) is 2.03. The maximum absolute atomic E-state index is 13.4. The fraction of sp³-hybridized carbons (Fsp3) is 0.462. The van der Waals surface area contributed by atoms with Crippen LogP contribution in [0.5, 0.6) is 5.75 Å². The highest BCUT2D eigenvalue weighted by Crippen LogP contribution is 2.31. The van der Waals surface area contributed by atoms with Crippen molar-refractivity contribution in [3.63, 3.8) is 0 Å². The summed E-state index contributed by atoms with van der Waals surface area (Å²) in [6.45, 7) is 3.91. The average molecular weight is 224 g/mol. The van der Waals surface area contributed by atoms with Crippen LogP contribution in [0.3, 0.4) is 0 Å². The molecule has 3 heteroatoms. The topological polar surface area (TPSA) is 26.3 Å². The summed E-state index contributed by atoms with van der Waals surface area (Å²) < 4.78 is 18.5. The minimum atomic E-state index is -0.318. The molecule has 0 fully saturated rings. The Bertz CT molecular complexity index is 374. The van der Waals surface area contributed by atoms with Crippen molar-refractivity contribution in [1.82, 2.24) is 0 Å². The quantitative estimate of drug-likeness (QED) is 0.718. The van der Waals surface area contributed by atoms with Crippen molar-refractivity contribution in [1.29, 1.82) is 0 Å². The van der Waals surface area contributed by atoms with Crippen LogP contribution in [0, 0.1) is 5.82 Å². The van der Waals surface area contributed by atoms with Crippen LogP contribution in [-0.4, -0.2) is 13.4 Å². The largest absolute Gasteiger partial charge is 0.496 e. The first-order valence-electron chi connectivity index (χ1n) is 5.43. The van der Waals surface area contributed by atoms with Crippen LogP contribution in [0.15, 0.2) is 12.1 Å². The van der Waals surface area contributed by atoms with E-state index in [9.17, 15) is 9.18 Å². The van der Waals surface area contributed by atoms with Gasteiger partial charge in [0, 0.05) is 12.5 Å². The monoisotopic (exact) mass is 224 g/mol. The van der Waals surface area contributed by atoms with Crippen molar-refractivity contribution in [2.75, 3.05) is 7.11 Å². The molecule has 16 heavy (non-hydrogen) atoms. The number of benzene rings is 1. The maximum Gasteiger partial charge on any atom is 0.127 e. The smallest absolute Gasteiger partial charge is 0.127 e. The number of rotatable bonds is 5. The normalized spacial score (nSPS) is 12.2. The molecule has 0 aromatic heterocycles. The first-order valence-corrected chi connectivity index (χ1v) is 5.43. The fourth-order valence-corrected chi connectivity index (χ4v) is 1.90. The lowest BCUT2D eigenvalue weighted by Gasteiger charge is -2.17. The highest BCUT2D eigenvalue weighted by molar-refractivity contribution is 5.53. The standard InChI is InChI=1S/C13H17FO2/c1-4-11-12(9(2)5-6-15)7-10(14)8-13(11)16-3/h6-9H,4-5H2,1-3H3. The van der Waals surface area contributed by atoms with Gasteiger partial charge in [-0.05, 0) is 29.5 Å². The Morgan fingerprint density at radius 3 is 2.69 bits per heavy atom. The molecule has 1 aromatic rings. The van der Waals surface area contributed by atoms with E-state index in [2.05, 4.69) is 0 Å². The Balaban J connectivity index is 3.24. The third kappa shape index (κ3) is 2.60. The number of ether oxygens (including phenoxy) is 1. The number of carbonyl (C=O) groups excluding carboxylic acids is 1. The average Bonchev–Trinajstić information content (AvgIpc) is 2.28. The minimum Gasteiger partial charge on any atom is -0.496 e. The molecule has 0 saturated carbocycles. The van der Waals surface area contributed by atoms with E-state index < -0.39 is 0 Å². The third-order valence-electron chi connectivity index (χ3n) is 2.76. The van der Waals surface area contributed by atoms with Gasteiger partial charge in [-0.2, -0.15) is 0 Å². The van der Waals surface area contributed by atoms with Crippen LogP contribution in [0.4, 0.5) is 4.39 Å². The number of carbonyl (C=O) groups is 1. The van der Waals surface area contributed by atoms with Gasteiger partial charge in [0.25, 0.3) is 0 Å². The van der Waals surface area contributed by atoms with Crippen LogP contribution in [0.25, 0.3) is 0 Å². The van der Waals surface area contributed by atoms with Crippen molar-refractivity contribution in [3.8, 4) is 5.75 Å². The van der Waals surface area contributed by atoms with Gasteiger partial charge in [0.1, 0.15) is 17.9 Å². The van der Waals surface area contributed by atoms with Crippen molar-refractivity contribution in [2.45, 2.75) is 32.6 Å². The van der Waals surface area contributed by atoms with Gasteiger partial charge in [-0.15, -0.1) is 0 Å². The van der Waals surface area contributed by atoms with E-state index in [0.717, 1.165) is 23.8 Å². The summed E-state index contributed by atoms with van der Waals surface area (Å²) in [7, 11) is 1.53. The van der Waals surface area contributed by atoms with Gasteiger partial charge in [-0.25, -0.2) is 4.39 Å². The zero-order chi connectivity index (χ0) is 12.1. The molecule has 1 aromatic carbocycles. The first-order chi connectivity index (χ1) is 7.63. The Morgan fingerprint density at radius 2 is 2.19 bits per heavy atom. The molecule has 1 unspecified atom stereocenters. The summed E-state index contributed by atoms with van der Waals surface area (Å²) in [6, 6.07) is 2.88. The van der Waals surface area contributed by atoms with Crippen molar-refractivity contribution in [3.05, 3.63) is 29.1 Å². The van der Waals surface area contributed by atoms with E-state index >= 15 is 0 Å². The molecular formula is C13H17FO2. The van der Waals surface area contributed by atoms with E-state index in [4.69, 9.17) is 4.74 Å². The predicted octanol–water partition coefficient (Wildman–Crippen LogP) is 3.09. The lowest BCUT2D eigenvalue weighted by atomic mass is 9.91. The number of hydrogen-bond acceptors (Lipinski definition) is 2. The predicted molar refractivity (Wildman–Crippen MR) is 61.4 cm³/mol. The van der Waals surface area contributed by atoms with Crippen LogP contribution in [-0.2, 0) is 11.2 Å². The van der Waals surface area contributed by atoms with E-state index in [-0.39, 0.29) is 11.7 Å². The van der Waals surface area contributed by atoms with E-state index in [0.29, 0.717) is 12.2 Å². The second-order valence-corrected chi connectivity index (χ2v) is 3.83. The summed E-state index contributed by atoms with van der Waals surface area (Å²) >= 11 is 0. The van der Waals surface area contributed by atoms with Gasteiger partial charge >= 0.3 is 0 Å². The van der Waals surface area contributed by atoms with E-state index in [1.807, 2.05) is 13.8 Å². The number of aldehydes is 1. The molecule has 0 amide bonds. The van der Waals surface area contributed by atoms with Gasteiger partial charge < -0.3 is 9.53 Å². The third-order valence-corrected chi connectivity index (χ3v) is 2.76. The summed E-state index contributed by atoms with van der Waals surface area (Å²) in [5, 5.41) is 0. The van der Waals surface area contributed by atoms with Gasteiger partial charge in [-0.3, -0.25) is 0 Å². The SMILES string of the molecule is CCc1c(OC)cc(F)cc1C(C)CC=O. The molecule has 0 aliphatic heterocycles. The second-order valence-electron chi connectivity index (χ2n) is 3.83. The molecule has 0 saturated heterocycles. The van der Waals surface area contributed by atoms with Gasteiger partial charge in [0.15, 0.2) is 0 Å². The van der Waals surface area contributed by atoms with Crippen LogP contribution in [0.1, 0.15) is 37.3 Å². The van der Waals surface area contributed by atoms with Crippen molar-refractivity contribution >= 4 is 6.29 Å². The fourth-order valence-electron chi connectivity index (χ4n) is 1.90. The molecule has 0 aliphatic carbocycles. The zero-order valence-corrected chi connectivity index (χ0v) is 9.92. The van der Waals surface area contributed by atoms with E-state index in [1.54, 1.807) is 0 Å². The molecule has 2 nitrogen and oxygen atoms in total. The number of methoxy groups -OCH3 is 1. The molecular weight excluding hydrogens is 207 g/mol. The molecule has 88 valence electrons. The van der Waals surface area contributed by atoms with Gasteiger partial charge in [0.05, 0.1) is 7.11 Å². The molecule has 0 N–H and O–H groups in total. The van der Waals surface area contributed by atoms with Gasteiger partial charge in [0.2, 0.25) is 0 Å². The molecule has 1 rings (SSSR count). The van der Waals surface area contributed by atoms with Crippen LogP contribution in [0.2, 0.25) is 0 Å². The molecule has 0 heterocycles. The zero-order valence-electron chi connectivity index (χ0n) is 9.92. The summed E-state index contributed by atoms with van der Waals surface area (Å²) in [5.41, 5.74) is 1.85. The molecule has 0 radical (unpaired) electrons. The Kier molecular flexibility index (Phi) is 4.47. The Hall–Kier alpha value is -1.38. The molecule has 0 spiro atoms. The highest BCUT2D eigenvalue weighted by atomic mass is 19.1. The maximum atomic E-state index is 13.4. The molecule has 1 atom stereocenters. The van der Waals surface area contributed by atoms with Crippen molar-refractivity contribution < 1.29 is 13.9 Å². The van der Waals surface area contributed by atoms with Crippen LogP contribution < -0.4 is 4.74 Å². The van der Waals surface area contributed by atoms with Gasteiger partial charge in [-0.1, -0.05) is 13.8 Å². The number of halogens is 1. The van der Waals surface area contributed by atoms with Crippen LogP contribution >= 0.6 is 0 Å². The van der Waals surface area contributed by atoms with E-state index in [1.165, 1.54) is 19.2 Å². The minimum absolute atomic E-state index is 0.0250. The lowest BCUT2D eigenvalue weighted by Crippen LogP contribution is -2.03. The Labute approximate surface area is 95.4 Å². The first kappa shape index (κ1) is 12.7. The number of hydrogen-bond donors (Lipinski definition) is 0. The summed E-state index contributed by atoms with van der Waals surface area (Å²) in [4.78, 5) is 10.5. The van der Waals surface area contributed by atoms with Crippen molar-refractivity contribution in [2.24, 2.45) is 0 Å². The second kappa shape index (κ2) is 5.64. The highest BCUT2D eigenvalue weighted by Gasteiger charge is 2.15. The summed E-state index contributed by atoms with van der Waals surface area (Å²) in [5.74, 6) is 0.272. The molecule has 0 aliphatic rings. The molecule has 0 bridgehead atoms. The Morgan fingerprint density at radius 1 is 1.50 bits per heavy atom. The lowest BCUT2D eigenvalue weighted by molar-refractivity contribution is -0.108.